The molecule has 1 aliphatic rings. The van der Waals surface area contributed by atoms with Gasteiger partial charge in [-0.2, -0.15) is 0 Å². The van der Waals surface area contributed by atoms with Crippen LogP contribution in [-0.2, 0) is 9.47 Å². The first kappa shape index (κ1) is 13.9. The predicted octanol–water partition coefficient (Wildman–Crippen LogP) is 1.77. The molecule has 0 aromatic rings. The summed E-state index contributed by atoms with van der Waals surface area (Å²) in [7, 11) is 2.11. The van der Waals surface area contributed by atoms with Crippen molar-refractivity contribution in [2.45, 2.75) is 33.3 Å². The van der Waals surface area contributed by atoms with Crippen LogP contribution in [0.3, 0.4) is 0 Å². The third kappa shape index (κ3) is 6.35. The van der Waals surface area contributed by atoms with Crippen LogP contribution in [0.15, 0.2) is 0 Å². The van der Waals surface area contributed by atoms with Crippen molar-refractivity contribution >= 4 is 0 Å². The molecule has 0 amide bonds. The smallest absolute Gasteiger partial charge is 0.0828 e. The van der Waals surface area contributed by atoms with Crippen LogP contribution in [-0.4, -0.2) is 51.0 Å². The highest BCUT2D eigenvalue weighted by Gasteiger charge is 2.22. The molecule has 1 rings (SSSR count). The highest BCUT2D eigenvalue weighted by Crippen LogP contribution is 2.08. The second kappa shape index (κ2) is 9.44. The predicted molar refractivity (Wildman–Crippen MR) is 59.7 cm³/mol. The number of likely N-dealkylation sites (tertiary alicyclic amines) is 1. The van der Waals surface area contributed by atoms with Gasteiger partial charge in [-0.25, -0.2) is 0 Å². The first-order valence-corrected chi connectivity index (χ1v) is 5.71. The average Bonchev–Trinajstić information content (AvgIpc) is 2.18. The van der Waals surface area contributed by atoms with Crippen molar-refractivity contribution in [2.75, 3.05) is 40.0 Å². The van der Waals surface area contributed by atoms with Gasteiger partial charge < -0.3 is 14.4 Å². The lowest BCUT2D eigenvalue weighted by Gasteiger charge is -2.35. The van der Waals surface area contributed by atoms with Crippen molar-refractivity contribution < 1.29 is 9.47 Å². The Kier molecular flexibility index (Phi) is 9.35. The molecule has 1 heterocycles. The number of ether oxygens (including phenoxy) is 2. The fourth-order valence-corrected chi connectivity index (χ4v) is 1.30. The maximum Gasteiger partial charge on any atom is 0.0828 e. The summed E-state index contributed by atoms with van der Waals surface area (Å²) in [6, 6.07) is 0. The van der Waals surface area contributed by atoms with Crippen molar-refractivity contribution in [1.29, 1.82) is 0 Å². The zero-order valence-corrected chi connectivity index (χ0v) is 10.1. The van der Waals surface area contributed by atoms with E-state index < -0.39 is 0 Å². The molecule has 3 heteroatoms. The van der Waals surface area contributed by atoms with Gasteiger partial charge in [-0.3, -0.25) is 0 Å². The molecule has 0 aromatic carbocycles. The molecular weight excluding hydrogens is 178 g/mol. The number of rotatable bonds is 6. The normalized spacial score (nSPS) is 17.1. The molecule has 86 valence electrons. The standard InChI is InChI=1S/C9H19NO2.C2H6/c1-3-11-5-4-6-12-9-7-10(2)8-9;1-2/h9H,3-8H2,1-2H3;1-2H3. The molecule has 0 N–H and O–H groups in total. The monoisotopic (exact) mass is 203 g/mol. The lowest BCUT2D eigenvalue weighted by molar-refractivity contribution is -0.0484. The molecule has 0 radical (unpaired) electrons. The SMILES string of the molecule is CC.CCOCCCOC1CN(C)C1. The van der Waals surface area contributed by atoms with Gasteiger partial charge in [0.2, 0.25) is 0 Å². The maximum absolute atomic E-state index is 5.57. The first-order chi connectivity index (χ1) is 6.83. The number of hydrogen-bond acceptors (Lipinski definition) is 3. The van der Waals surface area contributed by atoms with E-state index in [0.717, 1.165) is 39.3 Å². The van der Waals surface area contributed by atoms with E-state index in [0.29, 0.717) is 6.10 Å². The van der Waals surface area contributed by atoms with E-state index in [9.17, 15) is 0 Å². The molecule has 0 saturated carbocycles. The Bertz CT molecular complexity index is 114. The lowest BCUT2D eigenvalue weighted by Crippen LogP contribution is -2.49. The quantitative estimate of drug-likeness (QED) is 0.614. The van der Waals surface area contributed by atoms with Gasteiger partial charge in [0.05, 0.1) is 6.10 Å². The second-order valence-electron chi connectivity index (χ2n) is 3.26. The van der Waals surface area contributed by atoms with Crippen molar-refractivity contribution in [3.8, 4) is 0 Å². The Morgan fingerprint density at radius 2 is 1.86 bits per heavy atom. The summed E-state index contributed by atoms with van der Waals surface area (Å²) < 4.78 is 10.8. The van der Waals surface area contributed by atoms with Crippen molar-refractivity contribution in [2.24, 2.45) is 0 Å². The van der Waals surface area contributed by atoms with E-state index in [1.165, 1.54) is 0 Å². The molecule has 0 atom stereocenters. The molecule has 0 bridgehead atoms. The molecule has 14 heavy (non-hydrogen) atoms. The minimum Gasteiger partial charge on any atom is -0.382 e. The second-order valence-corrected chi connectivity index (χ2v) is 3.26. The van der Waals surface area contributed by atoms with Gasteiger partial charge >= 0.3 is 0 Å². The van der Waals surface area contributed by atoms with Gasteiger partial charge in [-0.15, -0.1) is 0 Å². The van der Waals surface area contributed by atoms with Crippen LogP contribution in [0.2, 0.25) is 0 Å². The third-order valence-electron chi connectivity index (χ3n) is 2.02. The largest absolute Gasteiger partial charge is 0.382 e. The molecule has 0 unspecified atom stereocenters. The average molecular weight is 203 g/mol. The minimum absolute atomic E-state index is 0.483. The summed E-state index contributed by atoms with van der Waals surface area (Å²) >= 11 is 0. The fourth-order valence-electron chi connectivity index (χ4n) is 1.30. The van der Waals surface area contributed by atoms with Crippen LogP contribution in [0, 0.1) is 0 Å². The number of likely N-dealkylation sites (N-methyl/N-ethyl adjacent to an activating group) is 1. The van der Waals surface area contributed by atoms with Crippen LogP contribution in [0.4, 0.5) is 0 Å². The van der Waals surface area contributed by atoms with Gasteiger partial charge in [0.25, 0.3) is 0 Å². The van der Waals surface area contributed by atoms with Crippen LogP contribution in [0.5, 0.6) is 0 Å². The summed E-state index contributed by atoms with van der Waals surface area (Å²) in [6.07, 6.45) is 1.50. The van der Waals surface area contributed by atoms with E-state index in [2.05, 4.69) is 11.9 Å². The molecule has 1 saturated heterocycles. The fraction of sp³-hybridized carbons (Fsp3) is 1.00. The third-order valence-corrected chi connectivity index (χ3v) is 2.02. The Labute approximate surface area is 88.4 Å². The van der Waals surface area contributed by atoms with E-state index in [4.69, 9.17) is 9.47 Å². The Balaban J connectivity index is 0.000000791. The van der Waals surface area contributed by atoms with E-state index in [-0.39, 0.29) is 0 Å². The molecule has 0 aliphatic carbocycles. The molecule has 0 aromatic heterocycles. The number of hydrogen-bond donors (Lipinski definition) is 0. The van der Waals surface area contributed by atoms with Gasteiger partial charge in [0.15, 0.2) is 0 Å². The summed E-state index contributed by atoms with van der Waals surface area (Å²) in [4.78, 5) is 2.26. The van der Waals surface area contributed by atoms with Crippen molar-refractivity contribution in [3.63, 3.8) is 0 Å². The van der Waals surface area contributed by atoms with Gasteiger partial charge in [-0.1, -0.05) is 13.8 Å². The number of nitrogens with zero attached hydrogens (tertiary/aromatic N) is 1. The highest BCUT2D eigenvalue weighted by molar-refractivity contribution is 4.76. The van der Waals surface area contributed by atoms with E-state index >= 15 is 0 Å². The first-order valence-electron chi connectivity index (χ1n) is 5.71. The van der Waals surface area contributed by atoms with Crippen LogP contribution >= 0.6 is 0 Å². The Morgan fingerprint density at radius 1 is 1.21 bits per heavy atom. The van der Waals surface area contributed by atoms with E-state index in [1.807, 2.05) is 20.8 Å². The van der Waals surface area contributed by atoms with Gasteiger partial charge in [0.1, 0.15) is 0 Å². The molecule has 3 nitrogen and oxygen atoms in total. The van der Waals surface area contributed by atoms with E-state index in [1.54, 1.807) is 0 Å². The van der Waals surface area contributed by atoms with Crippen molar-refractivity contribution in [1.82, 2.24) is 4.90 Å². The van der Waals surface area contributed by atoms with Crippen LogP contribution in [0.25, 0.3) is 0 Å². The minimum atomic E-state index is 0.483. The molecular formula is C11H25NO2. The summed E-state index contributed by atoms with van der Waals surface area (Å²) in [5.41, 5.74) is 0. The van der Waals surface area contributed by atoms with Gasteiger partial charge in [-0.05, 0) is 20.4 Å². The van der Waals surface area contributed by atoms with Crippen LogP contribution in [0.1, 0.15) is 27.2 Å². The molecule has 0 spiro atoms. The topological polar surface area (TPSA) is 21.7 Å². The Hall–Kier alpha value is -0.120. The lowest BCUT2D eigenvalue weighted by atomic mass is 10.2. The van der Waals surface area contributed by atoms with Crippen molar-refractivity contribution in [3.05, 3.63) is 0 Å². The summed E-state index contributed by atoms with van der Waals surface area (Å²) in [6.45, 7) is 10.7. The zero-order chi connectivity index (χ0) is 10.8. The van der Waals surface area contributed by atoms with Gasteiger partial charge in [0, 0.05) is 32.9 Å². The summed E-state index contributed by atoms with van der Waals surface area (Å²) in [5.74, 6) is 0. The molecule has 1 fully saturated rings. The highest BCUT2D eigenvalue weighted by atomic mass is 16.5. The Morgan fingerprint density at radius 3 is 2.36 bits per heavy atom. The molecule has 1 aliphatic heterocycles. The zero-order valence-electron chi connectivity index (χ0n) is 10.1. The summed E-state index contributed by atoms with van der Waals surface area (Å²) in [5, 5.41) is 0. The van der Waals surface area contributed by atoms with Crippen LogP contribution < -0.4 is 0 Å². The maximum atomic E-state index is 5.57.